The molecule has 1 aliphatic carbocycles. The summed E-state index contributed by atoms with van der Waals surface area (Å²) in [5.41, 5.74) is 3.02. The van der Waals surface area contributed by atoms with Crippen molar-refractivity contribution in [2.75, 3.05) is 19.8 Å². The summed E-state index contributed by atoms with van der Waals surface area (Å²) in [6.45, 7) is 9.31. The summed E-state index contributed by atoms with van der Waals surface area (Å²) in [7, 11) is 0. The Bertz CT molecular complexity index is 922. The molecule has 5 unspecified atom stereocenters. The molecule has 2 aromatic carbocycles. The molecule has 32 heavy (non-hydrogen) atoms. The second-order valence-electron chi connectivity index (χ2n) is 10.6. The van der Waals surface area contributed by atoms with Crippen molar-refractivity contribution < 1.29 is 18.9 Å². The van der Waals surface area contributed by atoms with Gasteiger partial charge in [-0.15, -0.1) is 0 Å². The minimum atomic E-state index is -0.00919. The summed E-state index contributed by atoms with van der Waals surface area (Å²) in [4.78, 5) is 0. The first-order valence-electron chi connectivity index (χ1n) is 11.7. The van der Waals surface area contributed by atoms with Crippen molar-refractivity contribution in [3.8, 4) is 11.5 Å². The van der Waals surface area contributed by atoms with Gasteiger partial charge in [0.05, 0.1) is 6.61 Å². The molecule has 5 heteroatoms. The molecule has 2 aliphatic heterocycles. The first-order chi connectivity index (χ1) is 15.3. The zero-order chi connectivity index (χ0) is 22.3. The molecule has 3 fully saturated rings. The zero-order valence-electron chi connectivity index (χ0n) is 19.2. The van der Waals surface area contributed by atoms with Gasteiger partial charge in [-0.05, 0) is 88.6 Å². The Morgan fingerprint density at radius 1 is 0.906 bits per heavy atom. The molecule has 0 N–H and O–H groups in total. The number of rotatable bonds is 8. The molecule has 3 aliphatic rings. The maximum atomic E-state index is 5.95. The van der Waals surface area contributed by atoms with Crippen LogP contribution in [0.15, 0.2) is 48.5 Å². The highest BCUT2D eigenvalue weighted by Crippen LogP contribution is 2.53. The number of hydrogen-bond donors (Lipinski definition) is 0. The van der Waals surface area contributed by atoms with E-state index in [0.29, 0.717) is 23.2 Å². The van der Waals surface area contributed by atoms with Crippen molar-refractivity contribution >= 4 is 22.6 Å². The lowest BCUT2D eigenvalue weighted by Crippen LogP contribution is -2.41. The summed E-state index contributed by atoms with van der Waals surface area (Å²) >= 11 is 2.30. The van der Waals surface area contributed by atoms with Gasteiger partial charge in [-0.25, -0.2) is 0 Å². The van der Waals surface area contributed by atoms with E-state index in [1.54, 1.807) is 0 Å². The lowest BCUT2D eigenvalue weighted by molar-refractivity contribution is 0.126. The van der Waals surface area contributed by atoms with E-state index in [2.05, 4.69) is 91.9 Å². The first kappa shape index (κ1) is 22.5. The van der Waals surface area contributed by atoms with E-state index in [9.17, 15) is 0 Å². The highest BCUT2D eigenvalue weighted by molar-refractivity contribution is 14.1. The van der Waals surface area contributed by atoms with Crippen molar-refractivity contribution in [3.05, 3.63) is 59.7 Å². The molecule has 2 aromatic rings. The molecule has 2 saturated heterocycles. The van der Waals surface area contributed by atoms with Gasteiger partial charge in [0.25, 0.3) is 0 Å². The monoisotopic (exact) mass is 548 g/mol. The number of hydrogen-bond acceptors (Lipinski definition) is 4. The van der Waals surface area contributed by atoms with Crippen LogP contribution in [0.4, 0.5) is 0 Å². The van der Waals surface area contributed by atoms with E-state index >= 15 is 0 Å². The molecular weight excluding hydrogens is 515 g/mol. The van der Waals surface area contributed by atoms with E-state index < -0.39 is 0 Å². The van der Waals surface area contributed by atoms with E-state index in [1.807, 2.05) is 0 Å². The van der Waals surface area contributed by atoms with Crippen LogP contribution in [0.5, 0.6) is 11.5 Å². The molecule has 0 radical (unpaired) electrons. The number of benzene rings is 2. The van der Waals surface area contributed by atoms with Crippen LogP contribution in [0, 0.1) is 11.3 Å². The third kappa shape index (κ3) is 5.10. The smallest absolute Gasteiger partial charge is 0.138 e. The van der Waals surface area contributed by atoms with Gasteiger partial charge in [0.1, 0.15) is 41.0 Å². The standard InChI is InChI=1S/C27H33IO4/c1-18-12-26(2,3)17-27(13-18,19-4-8-21(9-5-19)29-14-23-15-30-23)20-6-10-22(11-7-20)31-16-24-25(28)32-24/h4-11,18,23-25H,12-17H2,1-3H3. The van der Waals surface area contributed by atoms with Crippen LogP contribution in [0.25, 0.3) is 0 Å². The van der Waals surface area contributed by atoms with Crippen LogP contribution in [-0.2, 0) is 14.9 Å². The first-order valence-corrected chi connectivity index (χ1v) is 13.0. The highest BCUT2D eigenvalue weighted by Gasteiger charge is 2.45. The summed E-state index contributed by atoms with van der Waals surface area (Å²) in [6.07, 6.45) is 4.05. The molecule has 0 spiro atoms. The Kier molecular flexibility index (Phi) is 6.18. The molecular formula is C27H33IO4. The lowest BCUT2D eigenvalue weighted by atomic mass is 9.55. The lowest BCUT2D eigenvalue weighted by Gasteiger charge is -2.48. The fourth-order valence-electron chi connectivity index (χ4n) is 5.69. The summed E-state index contributed by atoms with van der Waals surface area (Å²) in [5, 5.41) is 0. The Balaban J connectivity index is 1.40. The Hall–Kier alpha value is -1.31. The van der Waals surface area contributed by atoms with Gasteiger partial charge in [0.15, 0.2) is 0 Å². The Morgan fingerprint density at radius 2 is 1.44 bits per heavy atom. The highest BCUT2D eigenvalue weighted by atomic mass is 127. The van der Waals surface area contributed by atoms with Crippen LogP contribution in [0.2, 0.25) is 0 Å². The van der Waals surface area contributed by atoms with Crippen molar-refractivity contribution in [2.24, 2.45) is 11.3 Å². The van der Waals surface area contributed by atoms with Crippen molar-refractivity contribution in [2.45, 2.75) is 61.8 Å². The van der Waals surface area contributed by atoms with Crippen LogP contribution in [0.3, 0.4) is 0 Å². The van der Waals surface area contributed by atoms with Crippen molar-refractivity contribution in [3.63, 3.8) is 0 Å². The predicted molar refractivity (Wildman–Crippen MR) is 134 cm³/mol. The fraction of sp³-hybridized carbons (Fsp3) is 0.556. The Morgan fingerprint density at radius 3 is 1.91 bits per heavy atom. The van der Waals surface area contributed by atoms with E-state index in [1.165, 1.54) is 17.5 Å². The van der Waals surface area contributed by atoms with Gasteiger partial charge in [-0.2, -0.15) is 0 Å². The number of alkyl halides is 1. The van der Waals surface area contributed by atoms with E-state index in [0.717, 1.165) is 30.9 Å². The van der Waals surface area contributed by atoms with Crippen LogP contribution < -0.4 is 9.47 Å². The second-order valence-corrected chi connectivity index (χ2v) is 11.8. The third-order valence-corrected chi connectivity index (χ3v) is 8.06. The van der Waals surface area contributed by atoms with E-state index in [4.69, 9.17) is 18.9 Å². The van der Waals surface area contributed by atoms with Crippen molar-refractivity contribution in [1.82, 2.24) is 0 Å². The average molecular weight is 548 g/mol. The third-order valence-electron chi connectivity index (χ3n) is 6.97. The minimum Gasteiger partial charge on any atom is -0.491 e. The molecule has 0 bridgehead atoms. The van der Waals surface area contributed by atoms with Gasteiger partial charge in [0.2, 0.25) is 0 Å². The SMILES string of the molecule is CC1CC(C)(C)CC(c2ccc(OCC3CO3)cc2)(c2ccc(OCC3OC3I)cc2)C1. The number of ether oxygens (including phenoxy) is 4. The molecule has 172 valence electrons. The maximum absolute atomic E-state index is 5.95. The fourth-order valence-corrected chi connectivity index (χ4v) is 6.27. The van der Waals surface area contributed by atoms with Crippen LogP contribution in [-0.4, -0.2) is 36.1 Å². The van der Waals surface area contributed by atoms with Gasteiger partial charge in [0, 0.05) is 5.41 Å². The number of halogens is 1. The molecule has 0 amide bonds. The van der Waals surface area contributed by atoms with Gasteiger partial charge in [-0.3, -0.25) is 0 Å². The summed E-state index contributed by atoms with van der Waals surface area (Å²) < 4.78 is 22.9. The van der Waals surface area contributed by atoms with E-state index in [-0.39, 0.29) is 23.0 Å². The quantitative estimate of drug-likeness (QED) is 0.226. The molecule has 0 aromatic heterocycles. The zero-order valence-corrected chi connectivity index (χ0v) is 21.3. The maximum Gasteiger partial charge on any atom is 0.138 e. The van der Waals surface area contributed by atoms with Gasteiger partial charge < -0.3 is 18.9 Å². The summed E-state index contributed by atoms with van der Waals surface area (Å²) in [6, 6.07) is 17.6. The molecule has 2 heterocycles. The molecule has 5 rings (SSSR count). The largest absolute Gasteiger partial charge is 0.491 e. The van der Waals surface area contributed by atoms with Gasteiger partial charge in [-0.1, -0.05) is 45.0 Å². The topological polar surface area (TPSA) is 43.5 Å². The average Bonchev–Trinajstić information content (AvgIpc) is 3.68. The minimum absolute atomic E-state index is 0.00919. The van der Waals surface area contributed by atoms with Crippen LogP contribution >= 0.6 is 22.6 Å². The predicted octanol–water partition coefficient (Wildman–Crippen LogP) is 6.14. The molecule has 1 saturated carbocycles. The molecule has 5 atom stereocenters. The second kappa shape index (κ2) is 8.80. The van der Waals surface area contributed by atoms with Gasteiger partial charge >= 0.3 is 0 Å². The van der Waals surface area contributed by atoms with Crippen molar-refractivity contribution in [1.29, 1.82) is 0 Å². The normalized spacial score (nSPS) is 32.9. The van der Waals surface area contributed by atoms with Crippen LogP contribution in [0.1, 0.15) is 51.2 Å². The Labute approximate surface area is 205 Å². The molecule has 4 nitrogen and oxygen atoms in total. The number of epoxide rings is 2. The summed E-state index contributed by atoms with van der Waals surface area (Å²) in [5.74, 6) is 2.49.